The number of hydrogen-bond donors (Lipinski definition) is 1. The van der Waals surface area contributed by atoms with Crippen molar-refractivity contribution in [1.29, 1.82) is 0 Å². The minimum atomic E-state index is 0.253. The minimum absolute atomic E-state index is 0.253. The van der Waals surface area contributed by atoms with Crippen molar-refractivity contribution in [2.75, 3.05) is 19.6 Å². The summed E-state index contributed by atoms with van der Waals surface area (Å²) in [6.07, 6.45) is 4.25. The summed E-state index contributed by atoms with van der Waals surface area (Å²) in [5.74, 6) is 0.253. The number of likely N-dealkylation sites (tertiary alicyclic amines) is 1. The number of hydrogen-bond acceptors (Lipinski definition) is 2. The van der Waals surface area contributed by atoms with Gasteiger partial charge in [-0.2, -0.15) is 0 Å². The molecule has 2 aliphatic rings. The summed E-state index contributed by atoms with van der Waals surface area (Å²) in [4.78, 5) is 14.1. The van der Waals surface area contributed by atoms with Crippen LogP contribution in [0.25, 0.3) is 0 Å². The van der Waals surface area contributed by atoms with Crippen molar-refractivity contribution in [2.24, 2.45) is 5.41 Å². The Bertz CT molecular complexity index is 435. The van der Waals surface area contributed by atoms with Gasteiger partial charge >= 0.3 is 0 Å². The second kappa shape index (κ2) is 5.33. The molecule has 0 aliphatic carbocycles. The second-order valence-electron chi connectivity index (χ2n) is 6.04. The molecule has 102 valence electrons. The summed E-state index contributed by atoms with van der Waals surface area (Å²) in [5, 5.41) is 2.95. The van der Waals surface area contributed by atoms with Gasteiger partial charge in [-0.05, 0) is 43.3 Å². The van der Waals surface area contributed by atoms with Gasteiger partial charge in [-0.1, -0.05) is 30.3 Å². The third-order valence-electron chi connectivity index (χ3n) is 4.68. The van der Waals surface area contributed by atoms with Crippen LogP contribution in [0.1, 0.15) is 31.2 Å². The highest BCUT2D eigenvalue weighted by atomic mass is 16.1. The molecule has 1 aromatic carbocycles. The van der Waals surface area contributed by atoms with Crippen LogP contribution in [-0.4, -0.2) is 30.4 Å². The molecule has 2 aliphatic heterocycles. The lowest BCUT2D eigenvalue weighted by Crippen LogP contribution is -2.47. The quantitative estimate of drug-likeness (QED) is 0.882. The van der Waals surface area contributed by atoms with Crippen molar-refractivity contribution in [2.45, 2.75) is 32.2 Å². The topological polar surface area (TPSA) is 32.3 Å². The summed E-state index contributed by atoms with van der Waals surface area (Å²) in [6, 6.07) is 10.7. The molecule has 2 saturated heterocycles. The Kier molecular flexibility index (Phi) is 3.56. The summed E-state index contributed by atoms with van der Waals surface area (Å²) in [6.45, 7) is 4.17. The lowest BCUT2D eigenvalue weighted by atomic mass is 9.71. The number of carbonyl (C=O) groups excluding carboxylic acids is 1. The molecule has 2 fully saturated rings. The highest BCUT2D eigenvalue weighted by molar-refractivity contribution is 5.77. The molecule has 1 amide bonds. The van der Waals surface area contributed by atoms with E-state index in [2.05, 4.69) is 40.5 Å². The smallest absolute Gasteiger partial charge is 0.220 e. The van der Waals surface area contributed by atoms with Crippen LogP contribution in [0, 0.1) is 5.41 Å². The Morgan fingerprint density at radius 3 is 2.53 bits per heavy atom. The molecule has 2 heterocycles. The summed E-state index contributed by atoms with van der Waals surface area (Å²) < 4.78 is 0. The van der Waals surface area contributed by atoms with E-state index in [1.807, 2.05) is 0 Å². The predicted molar refractivity (Wildman–Crippen MR) is 75.6 cm³/mol. The molecule has 3 heteroatoms. The molecule has 0 aromatic heterocycles. The summed E-state index contributed by atoms with van der Waals surface area (Å²) in [5.41, 5.74) is 1.69. The van der Waals surface area contributed by atoms with Crippen molar-refractivity contribution >= 4 is 5.91 Å². The van der Waals surface area contributed by atoms with E-state index in [9.17, 15) is 4.79 Å². The number of carbonyl (C=O) groups is 1. The van der Waals surface area contributed by atoms with E-state index in [4.69, 9.17) is 0 Å². The lowest BCUT2D eigenvalue weighted by Gasteiger charge is -2.43. The predicted octanol–water partition coefficient (Wildman–Crippen LogP) is 2.18. The first-order chi connectivity index (χ1) is 9.26. The number of rotatable bonds is 2. The molecule has 19 heavy (non-hydrogen) atoms. The van der Waals surface area contributed by atoms with E-state index >= 15 is 0 Å². The van der Waals surface area contributed by atoms with E-state index in [1.54, 1.807) is 0 Å². The minimum Gasteiger partial charge on any atom is -0.356 e. The number of amides is 1. The van der Waals surface area contributed by atoms with E-state index in [0.717, 1.165) is 39.0 Å². The number of nitrogens with one attached hydrogen (secondary N) is 1. The van der Waals surface area contributed by atoms with Gasteiger partial charge in [-0.25, -0.2) is 0 Å². The van der Waals surface area contributed by atoms with Crippen molar-refractivity contribution in [3.05, 3.63) is 35.9 Å². The van der Waals surface area contributed by atoms with Gasteiger partial charge in [0.15, 0.2) is 0 Å². The Balaban J connectivity index is 1.56. The van der Waals surface area contributed by atoms with Crippen molar-refractivity contribution < 1.29 is 4.79 Å². The maximum absolute atomic E-state index is 11.6. The Morgan fingerprint density at radius 1 is 1.11 bits per heavy atom. The summed E-state index contributed by atoms with van der Waals surface area (Å²) >= 11 is 0. The van der Waals surface area contributed by atoms with E-state index < -0.39 is 0 Å². The van der Waals surface area contributed by atoms with Gasteiger partial charge in [0.05, 0.1) is 0 Å². The van der Waals surface area contributed by atoms with Crippen molar-refractivity contribution in [1.82, 2.24) is 10.2 Å². The fourth-order valence-corrected chi connectivity index (χ4v) is 3.41. The van der Waals surface area contributed by atoms with Crippen LogP contribution >= 0.6 is 0 Å². The van der Waals surface area contributed by atoms with E-state index in [0.29, 0.717) is 5.41 Å². The SMILES string of the molecule is O=C1CC2(CCN1)CCN(Cc1ccccc1)CC2. The molecule has 3 nitrogen and oxygen atoms in total. The molecule has 1 spiro atoms. The van der Waals surface area contributed by atoms with Gasteiger partial charge in [0.2, 0.25) is 5.91 Å². The van der Waals surface area contributed by atoms with E-state index in [1.165, 1.54) is 18.4 Å². The van der Waals surface area contributed by atoms with Crippen LogP contribution in [-0.2, 0) is 11.3 Å². The summed E-state index contributed by atoms with van der Waals surface area (Å²) in [7, 11) is 0. The van der Waals surface area contributed by atoms with E-state index in [-0.39, 0.29) is 5.91 Å². The van der Waals surface area contributed by atoms with Crippen LogP contribution in [0.2, 0.25) is 0 Å². The lowest BCUT2D eigenvalue weighted by molar-refractivity contribution is -0.127. The zero-order chi connectivity index (χ0) is 13.1. The third-order valence-corrected chi connectivity index (χ3v) is 4.68. The average molecular weight is 258 g/mol. The maximum atomic E-state index is 11.6. The van der Waals surface area contributed by atoms with Gasteiger partial charge in [0, 0.05) is 19.5 Å². The standard InChI is InChI=1S/C16H22N2O/c19-15-12-16(6-9-17-15)7-10-18(11-8-16)13-14-4-2-1-3-5-14/h1-5H,6-13H2,(H,17,19). The Morgan fingerprint density at radius 2 is 1.84 bits per heavy atom. The first-order valence-corrected chi connectivity index (χ1v) is 7.29. The van der Waals surface area contributed by atoms with Crippen molar-refractivity contribution in [3.63, 3.8) is 0 Å². The highest BCUT2D eigenvalue weighted by Gasteiger charge is 2.38. The Hall–Kier alpha value is -1.35. The normalized spacial score (nSPS) is 23.3. The van der Waals surface area contributed by atoms with Gasteiger partial charge in [0.1, 0.15) is 0 Å². The molecule has 1 N–H and O–H groups in total. The largest absolute Gasteiger partial charge is 0.356 e. The fraction of sp³-hybridized carbons (Fsp3) is 0.562. The molecule has 0 radical (unpaired) electrons. The molecule has 3 rings (SSSR count). The maximum Gasteiger partial charge on any atom is 0.220 e. The second-order valence-corrected chi connectivity index (χ2v) is 6.04. The van der Waals surface area contributed by atoms with Crippen LogP contribution in [0.5, 0.6) is 0 Å². The molecule has 0 saturated carbocycles. The molecule has 0 unspecified atom stereocenters. The monoisotopic (exact) mass is 258 g/mol. The van der Waals surface area contributed by atoms with Crippen LogP contribution < -0.4 is 5.32 Å². The van der Waals surface area contributed by atoms with Crippen molar-refractivity contribution in [3.8, 4) is 0 Å². The third kappa shape index (κ3) is 2.98. The zero-order valence-electron chi connectivity index (χ0n) is 11.4. The van der Waals surface area contributed by atoms with Gasteiger partial charge < -0.3 is 5.32 Å². The zero-order valence-corrected chi connectivity index (χ0v) is 11.4. The van der Waals surface area contributed by atoms with Crippen LogP contribution in [0.4, 0.5) is 0 Å². The molecule has 1 aromatic rings. The van der Waals surface area contributed by atoms with Crippen LogP contribution in [0.3, 0.4) is 0 Å². The fourth-order valence-electron chi connectivity index (χ4n) is 3.41. The van der Waals surface area contributed by atoms with Crippen LogP contribution in [0.15, 0.2) is 30.3 Å². The van der Waals surface area contributed by atoms with Gasteiger partial charge in [0.25, 0.3) is 0 Å². The average Bonchev–Trinajstić information content (AvgIpc) is 2.43. The first kappa shape index (κ1) is 12.7. The Labute approximate surface area is 115 Å². The molecule has 0 atom stereocenters. The molecular formula is C16H22N2O. The van der Waals surface area contributed by atoms with Gasteiger partial charge in [-0.15, -0.1) is 0 Å². The highest BCUT2D eigenvalue weighted by Crippen LogP contribution is 2.40. The first-order valence-electron chi connectivity index (χ1n) is 7.29. The number of piperidine rings is 2. The molecule has 0 bridgehead atoms. The number of benzene rings is 1. The number of nitrogens with zero attached hydrogens (tertiary/aromatic N) is 1. The van der Waals surface area contributed by atoms with Gasteiger partial charge in [-0.3, -0.25) is 9.69 Å². The molecular weight excluding hydrogens is 236 g/mol.